The van der Waals surface area contributed by atoms with Gasteiger partial charge in [-0.2, -0.15) is 4.31 Å². The Morgan fingerprint density at radius 1 is 1.11 bits per heavy atom. The zero-order valence-electron chi connectivity index (χ0n) is 17.0. The molecule has 0 bridgehead atoms. The molecular formula is C21H33N3O3S. The SMILES string of the molecule is Cc1ccc(S(=O)(=O)N2CCC(N)(C(=O)NC3CCCCCC3)CC2)c(C)c1. The fraction of sp³-hybridized carbons (Fsp3) is 0.667. The van der Waals surface area contributed by atoms with E-state index in [1.165, 1.54) is 17.1 Å². The van der Waals surface area contributed by atoms with Crippen molar-refractivity contribution in [2.45, 2.75) is 81.7 Å². The van der Waals surface area contributed by atoms with E-state index in [0.29, 0.717) is 17.7 Å². The van der Waals surface area contributed by atoms with Gasteiger partial charge in [0.25, 0.3) is 0 Å². The zero-order valence-corrected chi connectivity index (χ0v) is 17.9. The summed E-state index contributed by atoms with van der Waals surface area (Å²) in [6.45, 7) is 4.30. The Balaban J connectivity index is 1.64. The Kier molecular flexibility index (Phi) is 6.47. The number of piperidine rings is 1. The van der Waals surface area contributed by atoms with Crippen LogP contribution >= 0.6 is 0 Å². The van der Waals surface area contributed by atoms with Crippen molar-refractivity contribution in [3.63, 3.8) is 0 Å². The van der Waals surface area contributed by atoms with Gasteiger partial charge >= 0.3 is 0 Å². The number of hydrogen-bond donors (Lipinski definition) is 2. The van der Waals surface area contributed by atoms with E-state index in [2.05, 4.69) is 5.32 Å². The largest absolute Gasteiger partial charge is 0.352 e. The number of nitrogens with one attached hydrogen (secondary N) is 1. The van der Waals surface area contributed by atoms with Crippen LogP contribution in [-0.4, -0.2) is 43.3 Å². The van der Waals surface area contributed by atoms with Gasteiger partial charge in [-0.15, -0.1) is 0 Å². The van der Waals surface area contributed by atoms with E-state index in [4.69, 9.17) is 5.73 Å². The molecule has 1 saturated heterocycles. The van der Waals surface area contributed by atoms with Crippen LogP contribution in [0.4, 0.5) is 0 Å². The standard InChI is InChI=1S/C21H33N3O3S/c1-16-9-10-19(17(2)15-16)28(26,27)24-13-11-21(22,12-14-24)20(25)23-18-7-5-3-4-6-8-18/h9-10,15,18H,3-8,11-14,22H2,1-2H3,(H,23,25). The van der Waals surface area contributed by atoms with E-state index in [0.717, 1.165) is 36.8 Å². The van der Waals surface area contributed by atoms with Gasteiger partial charge in [-0.1, -0.05) is 43.4 Å². The number of benzene rings is 1. The third kappa shape index (κ3) is 4.58. The van der Waals surface area contributed by atoms with E-state index in [9.17, 15) is 13.2 Å². The highest BCUT2D eigenvalue weighted by molar-refractivity contribution is 7.89. The topological polar surface area (TPSA) is 92.5 Å². The van der Waals surface area contributed by atoms with Crippen molar-refractivity contribution in [2.24, 2.45) is 5.73 Å². The molecular weight excluding hydrogens is 374 g/mol. The minimum atomic E-state index is -3.57. The Bertz CT molecular complexity index is 806. The third-order valence-corrected chi connectivity index (χ3v) is 8.26. The fourth-order valence-electron chi connectivity index (χ4n) is 4.33. The summed E-state index contributed by atoms with van der Waals surface area (Å²) in [7, 11) is -3.57. The van der Waals surface area contributed by atoms with Crippen molar-refractivity contribution in [3.05, 3.63) is 29.3 Å². The van der Waals surface area contributed by atoms with Crippen molar-refractivity contribution in [1.29, 1.82) is 0 Å². The molecule has 28 heavy (non-hydrogen) atoms. The highest BCUT2D eigenvalue weighted by Crippen LogP contribution is 2.28. The molecule has 0 atom stereocenters. The summed E-state index contributed by atoms with van der Waals surface area (Å²) in [5.41, 5.74) is 7.21. The van der Waals surface area contributed by atoms with E-state index in [-0.39, 0.29) is 25.0 Å². The van der Waals surface area contributed by atoms with Gasteiger partial charge in [-0.3, -0.25) is 4.79 Å². The predicted octanol–water partition coefficient (Wildman–Crippen LogP) is 2.62. The molecule has 0 spiro atoms. The van der Waals surface area contributed by atoms with Crippen LogP contribution in [0.5, 0.6) is 0 Å². The quantitative estimate of drug-likeness (QED) is 0.751. The van der Waals surface area contributed by atoms with Crippen molar-refractivity contribution in [3.8, 4) is 0 Å². The number of rotatable bonds is 4. The summed E-state index contributed by atoms with van der Waals surface area (Å²) in [6.07, 6.45) is 7.45. The molecule has 0 unspecified atom stereocenters. The van der Waals surface area contributed by atoms with Crippen molar-refractivity contribution >= 4 is 15.9 Å². The lowest BCUT2D eigenvalue weighted by molar-refractivity contribution is -0.128. The number of nitrogens with two attached hydrogens (primary N) is 1. The number of aryl methyl sites for hydroxylation is 2. The van der Waals surface area contributed by atoms with E-state index < -0.39 is 15.6 Å². The first-order chi connectivity index (χ1) is 13.2. The molecule has 2 aliphatic rings. The van der Waals surface area contributed by atoms with Crippen LogP contribution in [0.2, 0.25) is 0 Å². The maximum Gasteiger partial charge on any atom is 0.243 e. The smallest absolute Gasteiger partial charge is 0.243 e. The van der Waals surface area contributed by atoms with Crippen molar-refractivity contribution in [1.82, 2.24) is 9.62 Å². The molecule has 1 aromatic carbocycles. The normalized spacial score (nSPS) is 21.8. The second-order valence-electron chi connectivity index (χ2n) is 8.49. The molecule has 1 aliphatic carbocycles. The lowest BCUT2D eigenvalue weighted by Gasteiger charge is -2.38. The van der Waals surface area contributed by atoms with Gasteiger partial charge in [0.15, 0.2) is 0 Å². The molecule has 6 nitrogen and oxygen atoms in total. The number of carbonyl (C=O) groups excluding carboxylic acids is 1. The summed E-state index contributed by atoms with van der Waals surface area (Å²) in [6, 6.07) is 5.57. The molecule has 1 aliphatic heterocycles. The fourth-order valence-corrected chi connectivity index (χ4v) is 5.98. The monoisotopic (exact) mass is 407 g/mol. The number of sulfonamides is 1. The maximum atomic E-state index is 13.0. The lowest BCUT2D eigenvalue weighted by Crippen LogP contribution is -2.61. The summed E-state index contributed by atoms with van der Waals surface area (Å²) >= 11 is 0. The molecule has 2 fully saturated rings. The molecule has 1 aromatic rings. The second kappa shape index (κ2) is 8.51. The first kappa shape index (κ1) is 21.3. The van der Waals surface area contributed by atoms with Crippen LogP contribution in [0.3, 0.4) is 0 Å². The Labute approximate surface area is 168 Å². The highest BCUT2D eigenvalue weighted by Gasteiger charge is 2.41. The molecule has 0 aromatic heterocycles. The van der Waals surface area contributed by atoms with Gasteiger partial charge in [0, 0.05) is 19.1 Å². The first-order valence-corrected chi connectivity index (χ1v) is 11.8. The van der Waals surface area contributed by atoms with Gasteiger partial charge in [0.05, 0.1) is 10.4 Å². The first-order valence-electron chi connectivity index (χ1n) is 10.4. The molecule has 1 amide bonds. The second-order valence-corrected chi connectivity index (χ2v) is 10.4. The minimum Gasteiger partial charge on any atom is -0.352 e. The number of nitrogens with zero attached hydrogens (tertiary/aromatic N) is 1. The Morgan fingerprint density at radius 3 is 2.29 bits per heavy atom. The van der Waals surface area contributed by atoms with Crippen molar-refractivity contribution < 1.29 is 13.2 Å². The zero-order chi connectivity index (χ0) is 20.4. The summed E-state index contributed by atoms with van der Waals surface area (Å²) in [5.74, 6) is -0.122. The average Bonchev–Trinajstić information content (AvgIpc) is 2.90. The average molecular weight is 408 g/mol. The van der Waals surface area contributed by atoms with Crippen LogP contribution in [0.25, 0.3) is 0 Å². The summed E-state index contributed by atoms with van der Waals surface area (Å²) in [5, 5.41) is 3.14. The Morgan fingerprint density at radius 2 is 1.71 bits per heavy atom. The van der Waals surface area contributed by atoms with Crippen LogP contribution in [0.1, 0.15) is 62.5 Å². The van der Waals surface area contributed by atoms with Crippen molar-refractivity contribution in [2.75, 3.05) is 13.1 Å². The van der Waals surface area contributed by atoms with Crippen LogP contribution in [0.15, 0.2) is 23.1 Å². The molecule has 0 radical (unpaired) electrons. The van der Waals surface area contributed by atoms with E-state index in [1.807, 2.05) is 26.0 Å². The number of amides is 1. The van der Waals surface area contributed by atoms with Gasteiger partial charge in [-0.25, -0.2) is 8.42 Å². The molecule has 3 N–H and O–H groups in total. The predicted molar refractivity (Wildman–Crippen MR) is 110 cm³/mol. The van der Waals surface area contributed by atoms with E-state index in [1.54, 1.807) is 6.07 Å². The van der Waals surface area contributed by atoms with E-state index >= 15 is 0 Å². The number of carbonyl (C=O) groups is 1. The molecule has 7 heteroatoms. The molecule has 1 heterocycles. The van der Waals surface area contributed by atoms with Crippen LogP contribution in [-0.2, 0) is 14.8 Å². The summed E-state index contributed by atoms with van der Waals surface area (Å²) < 4.78 is 27.5. The van der Waals surface area contributed by atoms with Crippen LogP contribution < -0.4 is 11.1 Å². The number of hydrogen-bond acceptors (Lipinski definition) is 4. The highest BCUT2D eigenvalue weighted by atomic mass is 32.2. The summed E-state index contributed by atoms with van der Waals surface area (Å²) in [4.78, 5) is 13.2. The van der Waals surface area contributed by atoms with Gasteiger partial charge in [-0.05, 0) is 51.2 Å². The third-order valence-electron chi connectivity index (χ3n) is 6.21. The minimum absolute atomic E-state index is 0.122. The molecule has 3 rings (SSSR count). The maximum absolute atomic E-state index is 13.0. The Hall–Kier alpha value is -1.44. The van der Waals surface area contributed by atoms with Crippen LogP contribution in [0, 0.1) is 13.8 Å². The lowest BCUT2D eigenvalue weighted by atomic mass is 9.88. The van der Waals surface area contributed by atoms with Gasteiger partial charge in [0.1, 0.15) is 0 Å². The molecule has 156 valence electrons. The van der Waals surface area contributed by atoms with Gasteiger partial charge < -0.3 is 11.1 Å². The van der Waals surface area contributed by atoms with Gasteiger partial charge in [0.2, 0.25) is 15.9 Å². The molecule has 1 saturated carbocycles.